The number of urea groups is 1. The van der Waals surface area contributed by atoms with E-state index in [4.69, 9.17) is 4.74 Å². The summed E-state index contributed by atoms with van der Waals surface area (Å²) in [6.07, 6.45) is -5.73. The Morgan fingerprint density at radius 2 is 1.73 bits per heavy atom. The molecule has 3 heterocycles. The van der Waals surface area contributed by atoms with E-state index in [2.05, 4.69) is 15.6 Å². The van der Waals surface area contributed by atoms with Gasteiger partial charge >= 0.3 is 12.2 Å². The summed E-state index contributed by atoms with van der Waals surface area (Å²) in [6.45, 7) is 0.530. The number of hydrogen-bond acceptors (Lipinski definition) is 6. The molecular formula is C29H32F7N5O4. The number of ether oxygens (including phenoxy) is 1. The minimum absolute atomic E-state index is 0.123. The third-order valence-electron chi connectivity index (χ3n) is 8.57. The number of amides is 3. The predicted molar refractivity (Wildman–Crippen MR) is 147 cm³/mol. The predicted octanol–water partition coefficient (Wildman–Crippen LogP) is 4.58. The molecule has 5 rings (SSSR count). The lowest BCUT2D eigenvalue weighted by Gasteiger charge is -2.46. The molecule has 0 spiro atoms. The van der Waals surface area contributed by atoms with Gasteiger partial charge in [-0.2, -0.15) is 13.2 Å². The van der Waals surface area contributed by atoms with E-state index < -0.39 is 89.2 Å². The largest absolute Gasteiger partial charge is 0.497 e. The van der Waals surface area contributed by atoms with Crippen LogP contribution in [-0.4, -0.2) is 72.9 Å². The summed E-state index contributed by atoms with van der Waals surface area (Å²) in [5, 5.41) is 15.1. The van der Waals surface area contributed by atoms with Crippen LogP contribution in [0.15, 0.2) is 24.4 Å². The molecule has 1 aliphatic carbocycles. The van der Waals surface area contributed by atoms with Crippen molar-refractivity contribution in [2.24, 2.45) is 5.92 Å². The standard InChI is InChI=1S/C29H32F7N5O4/c1-28(44)12-40(13-28)20-7-8-37-25(22(20)29(34,35)36)41-11-17(21-18(30)9-16(45-2)10-19(21)31)23(26(41)42)39-27(43)38-15-5-3-14(4-6-15)24(32)33/h7-10,14-15,17,23-24,44H,3-6,11-13H2,1-2H3,(H2,38,39,43)/t14?,15?,17-,23?/m0/s1. The highest BCUT2D eigenvalue weighted by atomic mass is 19.4. The highest BCUT2D eigenvalue weighted by Gasteiger charge is 2.50. The van der Waals surface area contributed by atoms with Gasteiger partial charge in [-0.05, 0) is 38.7 Å². The molecule has 3 N–H and O–H groups in total. The molecule has 0 bridgehead atoms. The fraction of sp³-hybridized carbons (Fsp3) is 0.552. The van der Waals surface area contributed by atoms with Crippen molar-refractivity contribution < 1.29 is 50.2 Å². The molecule has 3 amide bonds. The van der Waals surface area contributed by atoms with Gasteiger partial charge in [0.25, 0.3) is 5.91 Å². The van der Waals surface area contributed by atoms with Crippen LogP contribution in [0.25, 0.3) is 0 Å². The van der Waals surface area contributed by atoms with Gasteiger partial charge in [-0.25, -0.2) is 27.3 Å². The van der Waals surface area contributed by atoms with Crippen molar-refractivity contribution in [1.82, 2.24) is 15.6 Å². The van der Waals surface area contributed by atoms with Gasteiger partial charge in [-0.3, -0.25) is 9.69 Å². The van der Waals surface area contributed by atoms with Gasteiger partial charge in [-0.15, -0.1) is 0 Å². The van der Waals surface area contributed by atoms with E-state index in [1.807, 2.05) is 0 Å². The van der Waals surface area contributed by atoms with E-state index in [1.165, 1.54) is 18.9 Å². The van der Waals surface area contributed by atoms with Gasteiger partial charge in [0, 0.05) is 61.4 Å². The maximum absolute atomic E-state index is 15.3. The fourth-order valence-corrected chi connectivity index (χ4v) is 6.39. The molecule has 3 fully saturated rings. The van der Waals surface area contributed by atoms with Crippen molar-refractivity contribution in [2.75, 3.05) is 36.5 Å². The number of alkyl halides is 5. The van der Waals surface area contributed by atoms with E-state index in [1.54, 1.807) is 0 Å². The van der Waals surface area contributed by atoms with Crippen molar-refractivity contribution in [2.45, 2.75) is 68.8 Å². The zero-order valence-electron chi connectivity index (χ0n) is 24.3. The first-order valence-electron chi connectivity index (χ1n) is 14.3. The van der Waals surface area contributed by atoms with Gasteiger partial charge in [-0.1, -0.05) is 0 Å². The van der Waals surface area contributed by atoms with Crippen molar-refractivity contribution in [3.8, 4) is 5.75 Å². The minimum atomic E-state index is -5.03. The minimum Gasteiger partial charge on any atom is -0.497 e. The van der Waals surface area contributed by atoms with Crippen molar-refractivity contribution >= 4 is 23.4 Å². The molecule has 3 aliphatic rings. The molecule has 1 aromatic carbocycles. The van der Waals surface area contributed by atoms with Gasteiger partial charge in [0.05, 0.1) is 18.4 Å². The Kier molecular flexibility index (Phi) is 8.81. The number of methoxy groups -OCH3 is 1. The average molecular weight is 648 g/mol. The van der Waals surface area contributed by atoms with Crippen molar-refractivity contribution in [3.05, 3.63) is 47.2 Å². The zero-order valence-corrected chi connectivity index (χ0v) is 24.3. The first kappa shape index (κ1) is 32.6. The Bertz CT molecular complexity index is 1420. The van der Waals surface area contributed by atoms with Gasteiger partial charge in [0.15, 0.2) is 0 Å². The third kappa shape index (κ3) is 6.60. The number of halogens is 7. The highest BCUT2D eigenvalue weighted by molar-refractivity contribution is 6.03. The van der Waals surface area contributed by atoms with Crippen LogP contribution in [0, 0.1) is 17.6 Å². The number of rotatable bonds is 7. The monoisotopic (exact) mass is 647 g/mol. The molecule has 2 aromatic rings. The van der Waals surface area contributed by atoms with Crippen LogP contribution in [0.1, 0.15) is 49.7 Å². The topological polar surface area (TPSA) is 107 Å². The molecule has 2 aliphatic heterocycles. The molecule has 0 radical (unpaired) electrons. The molecule has 9 nitrogen and oxygen atoms in total. The second-order valence-electron chi connectivity index (χ2n) is 12.0. The van der Waals surface area contributed by atoms with Gasteiger partial charge in [0.2, 0.25) is 6.43 Å². The Hall–Kier alpha value is -3.82. The number of carbonyl (C=O) groups excluding carboxylic acids is 2. The Balaban J connectivity index is 1.48. The second kappa shape index (κ2) is 12.2. The van der Waals surface area contributed by atoms with E-state index in [-0.39, 0.29) is 50.2 Å². The first-order chi connectivity index (χ1) is 21.1. The van der Waals surface area contributed by atoms with Crippen molar-refractivity contribution in [1.29, 1.82) is 0 Å². The quantitative estimate of drug-likeness (QED) is 0.380. The number of nitrogens with zero attached hydrogens (tertiary/aromatic N) is 3. The first-order valence-corrected chi connectivity index (χ1v) is 14.3. The lowest BCUT2D eigenvalue weighted by molar-refractivity contribution is -0.137. The number of anilines is 2. The number of hydrogen-bond donors (Lipinski definition) is 3. The second-order valence-corrected chi connectivity index (χ2v) is 12.0. The highest BCUT2D eigenvalue weighted by Crippen LogP contribution is 2.46. The molecule has 2 saturated heterocycles. The lowest BCUT2D eigenvalue weighted by Crippen LogP contribution is -2.60. The lowest BCUT2D eigenvalue weighted by atomic mass is 9.86. The van der Waals surface area contributed by atoms with Crippen LogP contribution in [0.5, 0.6) is 5.75 Å². The Labute approximate surface area is 253 Å². The molecule has 2 atom stereocenters. The summed E-state index contributed by atoms with van der Waals surface area (Å²) in [7, 11) is 1.17. The summed E-state index contributed by atoms with van der Waals surface area (Å²) in [5.74, 6) is -6.72. The van der Waals surface area contributed by atoms with Crippen LogP contribution in [0.2, 0.25) is 0 Å². The summed E-state index contributed by atoms with van der Waals surface area (Å²) >= 11 is 0. The summed E-state index contributed by atoms with van der Waals surface area (Å²) in [5.41, 5.74) is -3.52. The van der Waals surface area contributed by atoms with E-state index in [9.17, 15) is 36.6 Å². The van der Waals surface area contributed by atoms with Crippen LogP contribution in [0.4, 0.5) is 47.0 Å². The molecule has 246 valence electrons. The summed E-state index contributed by atoms with van der Waals surface area (Å²) < 4.78 is 105. The van der Waals surface area contributed by atoms with E-state index in [0.717, 1.165) is 24.4 Å². The number of β-amino-alcohol motifs (C(OH)–C–C–N with tert-alkyl or cyclic N) is 1. The molecule has 45 heavy (non-hydrogen) atoms. The number of benzene rings is 1. The third-order valence-corrected chi connectivity index (χ3v) is 8.57. The molecule has 1 aromatic heterocycles. The maximum atomic E-state index is 15.3. The van der Waals surface area contributed by atoms with Crippen LogP contribution < -0.4 is 25.2 Å². The maximum Gasteiger partial charge on any atom is 0.421 e. The summed E-state index contributed by atoms with van der Waals surface area (Å²) in [6, 6.07) is -0.412. The molecule has 16 heteroatoms. The summed E-state index contributed by atoms with van der Waals surface area (Å²) in [4.78, 5) is 32.6. The molecule has 1 saturated carbocycles. The Morgan fingerprint density at radius 1 is 1.11 bits per heavy atom. The number of nitrogens with one attached hydrogen (secondary N) is 2. The zero-order chi connectivity index (χ0) is 32.8. The number of aliphatic hydroxyl groups is 1. The molecular weight excluding hydrogens is 615 g/mol. The van der Waals surface area contributed by atoms with E-state index >= 15 is 8.78 Å². The number of aromatic nitrogens is 1. The Morgan fingerprint density at radius 3 is 2.27 bits per heavy atom. The van der Waals surface area contributed by atoms with Crippen LogP contribution >= 0.6 is 0 Å². The van der Waals surface area contributed by atoms with Gasteiger partial charge < -0.3 is 25.4 Å². The van der Waals surface area contributed by atoms with E-state index in [0.29, 0.717) is 4.90 Å². The average Bonchev–Trinajstić information content (AvgIpc) is 3.25. The smallest absolute Gasteiger partial charge is 0.421 e. The SMILES string of the molecule is COc1cc(F)c([C@@H]2CN(c3nccc(N4CC(C)(O)C4)c3C(F)(F)F)C(=O)C2NC(=O)NC2CCC(C(F)F)CC2)c(F)c1. The normalized spacial score (nSPS) is 24.9. The van der Waals surface area contributed by atoms with Crippen LogP contribution in [-0.2, 0) is 11.0 Å². The fourth-order valence-electron chi connectivity index (χ4n) is 6.39. The number of pyridine rings is 1. The van der Waals surface area contributed by atoms with Gasteiger partial charge in [0.1, 0.15) is 34.8 Å². The molecule has 1 unspecified atom stereocenters. The van der Waals surface area contributed by atoms with Crippen molar-refractivity contribution in [3.63, 3.8) is 0 Å². The van der Waals surface area contributed by atoms with Crippen LogP contribution in [0.3, 0.4) is 0 Å². The number of carbonyl (C=O) groups is 2.